The number of imidazole rings is 1. The van der Waals surface area contributed by atoms with Crippen LogP contribution in [0, 0.1) is 5.82 Å². The highest BCUT2D eigenvalue weighted by atomic mass is 19.1. The van der Waals surface area contributed by atoms with E-state index in [1.165, 1.54) is 12.1 Å². The van der Waals surface area contributed by atoms with Crippen LogP contribution < -0.4 is 11.1 Å². The number of benzene rings is 1. The SMILES string of the molecule is CNc1nccc(-c2c(-c3ccc(F)cc3)ncn2C2CCC(O)(CCN)CC2)n1. The molecular weight excluding hydrogens is 383 g/mol. The van der Waals surface area contributed by atoms with Crippen LogP contribution in [0.4, 0.5) is 10.3 Å². The molecule has 0 bridgehead atoms. The summed E-state index contributed by atoms with van der Waals surface area (Å²) in [6.07, 6.45) is 7.20. The van der Waals surface area contributed by atoms with Gasteiger partial charge < -0.3 is 20.7 Å². The smallest absolute Gasteiger partial charge is 0.222 e. The Hall–Kier alpha value is -2.84. The topological polar surface area (TPSA) is 102 Å². The molecule has 0 radical (unpaired) electrons. The lowest BCUT2D eigenvalue weighted by Gasteiger charge is -2.36. The summed E-state index contributed by atoms with van der Waals surface area (Å²) >= 11 is 0. The average molecular weight is 410 g/mol. The van der Waals surface area contributed by atoms with Gasteiger partial charge in [0.1, 0.15) is 5.82 Å². The number of nitrogens with zero attached hydrogens (tertiary/aromatic N) is 4. The first-order valence-corrected chi connectivity index (χ1v) is 10.3. The molecule has 2 aromatic heterocycles. The Morgan fingerprint density at radius 3 is 2.60 bits per heavy atom. The zero-order chi connectivity index (χ0) is 21.1. The van der Waals surface area contributed by atoms with Crippen LogP contribution in [0.15, 0.2) is 42.9 Å². The van der Waals surface area contributed by atoms with Crippen LogP contribution >= 0.6 is 0 Å². The minimum absolute atomic E-state index is 0.188. The monoisotopic (exact) mass is 410 g/mol. The van der Waals surface area contributed by atoms with Gasteiger partial charge in [-0.05, 0) is 69.0 Å². The van der Waals surface area contributed by atoms with Gasteiger partial charge in [-0.3, -0.25) is 0 Å². The highest BCUT2D eigenvalue weighted by Crippen LogP contribution is 2.40. The van der Waals surface area contributed by atoms with E-state index in [1.807, 2.05) is 12.4 Å². The average Bonchev–Trinajstić information content (AvgIpc) is 3.20. The summed E-state index contributed by atoms with van der Waals surface area (Å²) in [6, 6.07) is 8.37. The second kappa shape index (κ2) is 8.49. The molecule has 1 aromatic carbocycles. The molecule has 0 atom stereocenters. The normalized spacial score (nSPS) is 21.5. The van der Waals surface area contributed by atoms with Crippen molar-refractivity contribution in [2.75, 3.05) is 18.9 Å². The van der Waals surface area contributed by atoms with Gasteiger partial charge in [0.05, 0.1) is 29.0 Å². The van der Waals surface area contributed by atoms with Crippen molar-refractivity contribution in [2.45, 2.75) is 43.7 Å². The van der Waals surface area contributed by atoms with Crippen molar-refractivity contribution >= 4 is 5.95 Å². The molecular formula is C22H27FN6O. The third-order valence-electron chi connectivity index (χ3n) is 5.92. The Morgan fingerprint density at radius 2 is 1.93 bits per heavy atom. The zero-order valence-corrected chi connectivity index (χ0v) is 17.1. The fraction of sp³-hybridized carbons (Fsp3) is 0.409. The van der Waals surface area contributed by atoms with Crippen molar-refractivity contribution < 1.29 is 9.50 Å². The van der Waals surface area contributed by atoms with Gasteiger partial charge in [-0.15, -0.1) is 0 Å². The fourth-order valence-corrected chi connectivity index (χ4v) is 4.26. The summed E-state index contributed by atoms with van der Waals surface area (Å²) in [5.74, 6) is 0.233. The minimum atomic E-state index is -0.681. The highest BCUT2D eigenvalue weighted by Gasteiger charge is 2.34. The predicted molar refractivity (Wildman–Crippen MR) is 114 cm³/mol. The van der Waals surface area contributed by atoms with Crippen LogP contribution in [0.25, 0.3) is 22.6 Å². The summed E-state index contributed by atoms with van der Waals surface area (Å²) in [4.78, 5) is 13.5. The molecule has 1 aliphatic carbocycles. The molecule has 0 unspecified atom stereocenters. The van der Waals surface area contributed by atoms with Crippen LogP contribution in [0.2, 0.25) is 0 Å². The number of hydrogen-bond donors (Lipinski definition) is 3. The number of nitrogens with one attached hydrogen (secondary N) is 1. The first-order valence-electron chi connectivity index (χ1n) is 10.3. The molecule has 0 spiro atoms. The minimum Gasteiger partial charge on any atom is -0.390 e. The molecule has 1 aliphatic rings. The number of aromatic nitrogens is 4. The van der Waals surface area contributed by atoms with E-state index in [0.29, 0.717) is 31.8 Å². The van der Waals surface area contributed by atoms with Gasteiger partial charge >= 0.3 is 0 Å². The Morgan fingerprint density at radius 1 is 1.20 bits per heavy atom. The van der Waals surface area contributed by atoms with E-state index in [-0.39, 0.29) is 11.9 Å². The molecule has 158 valence electrons. The predicted octanol–water partition coefficient (Wildman–Crippen LogP) is 3.38. The summed E-state index contributed by atoms with van der Waals surface area (Å²) in [5, 5.41) is 13.7. The quantitative estimate of drug-likeness (QED) is 0.576. The van der Waals surface area contributed by atoms with E-state index in [4.69, 9.17) is 5.73 Å². The van der Waals surface area contributed by atoms with Crippen LogP contribution in [0.3, 0.4) is 0 Å². The lowest BCUT2D eigenvalue weighted by Crippen LogP contribution is -2.36. The maximum absolute atomic E-state index is 13.5. The Bertz CT molecular complexity index is 995. The zero-order valence-electron chi connectivity index (χ0n) is 17.1. The molecule has 0 amide bonds. The van der Waals surface area contributed by atoms with Crippen LogP contribution in [-0.4, -0.2) is 43.8 Å². The van der Waals surface area contributed by atoms with Crippen LogP contribution in [-0.2, 0) is 0 Å². The van der Waals surface area contributed by atoms with Crippen LogP contribution in [0.1, 0.15) is 38.1 Å². The molecule has 30 heavy (non-hydrogen) atoms. The van der Waals surface area contributed by atoms with E-state index in [2.05, 4.69) is 24.8 Å². The standard InChI is InChI=1S/C22H27FN6O/c1-25-21-26-13-8-18(28-21)20-19(15-2-4-16(23)5-3-15)27-14-29(20)17-6-9-22(30,10-7-17)11-12-24/h2-5,8,13-14,17,30H,6-7,9-12,24H2,1H3,(H,25,26,28). The van der Waals surface area contributed by atoms with Gasteiger partial charge in [-0.1, -0.05) is 0 Å². The first kappa shape index (κ1) is 20.4. The third kappa shape index (κ3) is 4.06. The van der Waals surface area contributed by atoms with E-state index in [9.17, 15) is 9.50 Å². The largest absolute Gasteiger partial charge is 0.390 e. The van der Waals surface area contributed by atoms with Gasteiger partial charge in [-0.2, -0.15) is 0 Å². The van der Waals surface area contributed by atoms with E-state index in [0.717, 1.165) is 35.5 Å². The van der Waals surface area contributed by atoms with Crippen molar-refractivity contribution in [1.82, 2.24) is 19.5 Å². The van der Waals surface area contributed by atoms with Gasteiger partial charge in [0, 0.05) is 24.8 Å². The van der Waals surface area contributed by atoms with Gasteiger partial charge in [0.2, 0.25) is 5.95 Å². The van der Waals surface area contributed by atoms with Crippen molar-refractivity contribution in [3.05, 3.63) is 48.7 Å². The third-order valence-corrected chi connectivity index (χ3v) is 5.92. The number of rotatable bonds is 6. The molecule has 3 aromatic rings. The number of aliphatic hydroxyl groups is 1. The summed E-state index contributed by atoms with van der Waals surface area (Å²) < 4.78 is 15.6. The Labute approximate surface area is 175 Å². The second-order valence-electron chi connectivity index (χ2n) is 7.87. The van der Waals surface area contributed by atoms with Crippen molar-refractivity contribution in [3.8, 4) is 22.6 Å². The molecule has 4 rings (SSSR count). The maximum atomic E-state index is 13.5. The van der Waals surface area contributed by atoms with Gasteiger partial charge in [0.25, 0.3) is 0 Å². The van der Waals surface area contributed by atoms with Gasteiger partial charge in [0.15, 0.2) is 0 Å². The van der Waals surface area contributed by atoms with E-state index < -0.39 is 5.60 Å². The van der Waals surface area contributed by atoms with Crippen molar-refractivity contribution in [3.63, 3.8) is 0 Å². The number of halogens is 1. The lowest BCUT2D eigenvalue weighted by molar-refractivity contribution is -0.0124. The number of anilines is 1. The highest BCUT2D eigenvalue weighted by molar-refractivity contribution is 5.77. The molecule has 4 N–H and O–H groups in total. The molecule has 7 nitrogen and oxygen atoms in total. The fourth-order valence-electron chi connectivity index (χ4n) is 4.26. The van der Waals surface area contributed by atoms with Crippen LogP contribution in [0.5, 0.6) is 0 Å². The number of hydrogen-bond acceptors (Lipinski definition) is 6. The summed E-state index contributed by atoms with van der Waals surface area (Å²) in [7, 11) is 1.77. The lowest BCUT2D eigenvalue weighted by atomic mass is 9.80. The molecule has 8 heteroatoms. The maximum Gasteiger partial charge on any atom is 0.222 e. The first-order chi connectivity index (χ1) is 14.5. The van der Waals surface area contributed by atoms with E-state index >= 15 is 0 Å². The Kier molecular flexibility index (Phi) is 5.78. The van der Waals surface area contributed by atoms with Crippen molar-refractivity contribution in [2.24, 2.45) is 5.73 Å². The molecule has 1 fully saturated rings. The second-order valence-corrected chi connectivity index (χ2v) is 7.87. The van der Waals surface area contributed by atoms with E-state index in [1.54, 1.807) is 25.4 Å². The summed E-state index contributed by atoms with van der Waals surface area (Å²) in [6.45, 7) is 0.486. The molecule has 0 aliphatic heterocycles. The molecule has 1 saturated carbocycles. The Balaban J connectivity index is 1.75. The number of nitrogens with two attached hydrogens (primary N) is 1. The molecule has 2 heterocycles. The summed E-state index contributed by atoms with van der Waals surface area (Å²) in [5.41, 5.74) is 8.18. The molecule has 0 saturated heterocycles. The van der Waals surface area contributed by atoms with Gasteiger partial charge in [-0.25, -0.2) is 19.3 Å². The van der Waals surface area contributed by atoms with Crippen molar-refractivity contribution in [1.29, 1.82) is 0 Å².